The van der Waals surface area contributed by atoms with Crippen molar-refractivity contribution in [3.8, 4) is 5.82 Å². The molecule has 0 bridgehead atoms. The highest BCUT2D eigenvalue weighted by atomic mass is 19.4. The normalized spacial score (nSPS) is 22.6. The summed E-state index contributed by atoms with van der Waals surface area (Å²) in [5.41, 5.74) is -1.91. The summed E-state index contributed by atoms with van der Waals surface area (Å²) < 4.78 is 38.9. The molecule has 8 nitrogen and oxygen atoms in total. The number of carbonyl (C=O) groups is 2. The molecule has 28 heavy (non-hydrogen) atoms. The van der Waals surface area contributed by atoms with Crippen LogP contribution >= 0.6 is 0 Å². The molecule has 1 fully saturated rings. The van der Waals surface area contributed by atoms with E-state index in [0.29, 0.717) is 19.0 Å². The van der Waals surface area contributed by atoms with Gasteiger partial charge in [-0.05, 0) is 31.9 Å². The van der Waals surface area contributed by atoms with Crippen molar-refractivity contribution in [2.24, 2.45) is 5.92 Å². The number of carboxylic acids is 1. The largest absolute Gasteiger partial charge is 0.481 e. The summed E-state index contributed by atoms with van der Waals surface area (Å²) >= 11 is 0. The molecule has 0 saturated heterocycles. The highest BCUT2D eigenvalue weighted by Gasteiger charge is 2.42. The van der Waals surface area contributed by atoms with Crippen LogP contribution < -0.4 is 5.32 Å². The first-order chi connectivity index (χ1) is 13.1. The van der Waals surface area contributed by atoms with Crippen molar-refractivity contribution in [3.63, 3.8) is 0 Å². The van der Waals surface area contributed by atoms with Crippen LogP contribution in [0.15, 0.2) is 24.5 Å². The third-order valence-corrected chi connectivity index (χ3v) is 4.94. The third kappa shape index (κ3) is 3.97. The number of aromatic nitrogens is 4. The fourth-order valence-electron chi connectivity index (χ4n) is 3.37. The number of carboxylic acid groups (broad SMARTS) is 1. The zero-order valence-electron chi connectivity index (χ0n) is 14.9. The van der Waals surface area contributed by atoms with Crippen LogP contribution in [0.3, 0.4) is 0 Å². The van der Waals surface area contributed by atoms with Gasteiger partial charge in [-0.2, -0.15) is 13.2 Å². The zero-order valence-corrected chi connectivity index (χ0v) is 14.9. The Kier molecular flexibility index (Phi) is 5.09. The van der Waals surface area contributed by atoms with E-state index < -0.39 is 35.1 Å². The van der Waals surface area contributed by atoms with Crippen LogP contribution in [0.4, 0.5) is 13.2 Å². The molecule has 1 saturated carbocycles. The summed E-state index contributed by atoms with van der Waals surface area (Å²) in [6, 6.07) is 1.96. The van der Waals surface area contributed by atoms with Crippen molar-refractivity contribution in [1.29, 1.82) is 0 Å². The maximum Gasteiger partial charge on any atom is 0.417 e. The van der Waals surface area contributed by atoms with Crippen molar-refractivity contribution < 1.29 is 27.9 Å². The number of rotatable bonds is 4. The molecule has 2 heterocycles. The van der Waals surface area contributed by atoms with Gasteiger partial charge in [0.05, 0.1) is 23.2 Å². The van der Waals surface area contributed by atoms with Crippen LogP contribution in [0.5, 0.6) is 0 Å². The molecule has 3 rings (SSSR count). The first-order valence-electron chi connectivity index (χ1n) is 8.61. The number of amides is 1. The lowest BCUT2D eigenvalue weighted by atomic mass is 9.74. The van der Waals surface area contributed by atoms with Crippen LogP contribution in [0.25, 0.3) is 5.82 Å². The number of pyridine rings is 1. The fraction of sp³-hybridized carbons (Fsp3) is 0.471. The Labute approximate surface area is 157 Å². The summed E-state index contributed by atoms with van der Waals surface area (Å²) in [5, 5.41) is 19.6. The highest BCUT2D eigenvalue weighted by Crippen LogP contribution is 2.34. The molecular formula is C17H18F3N5O3. The predicted octanol–water partition coefficient (Wildman–Crippen LogP) is 2.44. The van der Waals surface area contributed by atoms with Gasteiger partial charge >= 0.3 is 12.1 Å². The summed E-state index contributed by atoms with van der Waals surface area (Å²) in [5.74, 6) is -2.22. The monoisotopic (exact) mass is 397 g/mol. The van der Waals surface area contributed by atoms with Gasteiger partial charge in [0, 0.05) is 6.20 Å². The van der Waals surface area contributed by atoms with E-state index in [1.165, 1.54) is 6.20 Å². The molecule has 2 unspecified atom stereocenters. The van der Waals surface area contributed by atoms with E-state index >= 15 is 0 Å². The topological polar surface area (TPSA) is 110 Å². The van der Waals surface area contributed by atoms with Gasteiger partial charge in [0.25, 0.3) is 5.91 Å². The van der Waals surface area contributed by atoms with Crippen LogP contribution in [-0.4, -0.2) is 42.5 Å². The average Bonchev–Trinajstić information content (AvgIpc) is 3.11. The van der Waals surface area contributed by atoms with Gasteiger partial charge < -0.3 is 10.4 Å². The summed E-state index contributed by atoms with van der Waals surface area (Å²) in [6.45, 7) is 1.69. The maximum atomic E-state index is 12.6. The lowest BCUT2D eigenvalue weighted by molar-refractivity contribution is -0.145. The number of aliphatic carboxylic acids is 1. The predicted molar refractivity (Wildman–Crippen MR) is 89.6 cm³/mol. The second-order valence-electron chi connectivity index (χ2n) is 6.96. The molecule has 2 N–H and O–H groups in total. The van der Waals surface area contributed by atoms with E-state index in [9.17, 15) is 27.9 Å². The number of alkyl halides is 3. The number of halogens is 3. The van der Waals surface area contributed by atoms with Gasteiger partial charge in [-0.25, -0.2) is 9.67 Å². The number of nitrogens with one attached hydrogen (secondary N) is 1. The molecule has 0 aromatic carbocycles. The second-order valence-corrected chi connectivity index (χ2v) is 6.96. The minimum Gasteiger partial charge on any atom is -0.481 e. The van der Waals surface area contributed by atoms with Gasteiger partial charge in [-0.15, -0.1) is 5.10 Å². The minimum atomic E-state index is -4.50. The number of hydrogen-bond acceptors (Lipinski definition) is 5. The second kappa shape index (κ2) is 7.21. The van der Waals surface area contributed by atoms with Crippen LogP contribution in [0.2, 0.25) is 0 Å². The first-order valence-corrected chi connectivity index (χ1v) is 8.61. The van der Waals surface area contributed by atoms with E-state index in [2.05, 4.69) is 20.6 Å². The van der Waals surface area contributed by atoms with E-state index in [1.54, 1.807) is 6.92 Å². The summed E-state index contributed by atoms with van der Waals surface area (Å²) in [6.07, 6.45) is -0.0568. The Hall–Kier alpha value is -2.98. The van der Waals surface area contributed by atoms with Gasteiger partial charge in [0.15, 0.2) is 11.5 Å². The number of hydrogen-bond donors (Lipinski definition) is 2. The third-order valence-electron chi connectivity index (χ3n) is 4.94. The van der Waals surface area contributed by atoms with Crippen LogP contribution in [-0.2, 0) is 11.0 Å². The molecule has 11 heteroatoms. The van der Waals surface area contributed by atoms with Crippen molar-refractivity contribution in [2.75, 3.05) is 0 Å². The van der Waals surface area contributed by atoms with E-state index in [1.807, 2.05) is 0 Å². The summed E-state index contributed by atoms with van der Waals surface area (Å²) in [7, 11) is 0. The smallest absolute Gasteiger partial charge is 0.417 e. The van der Waals surface area contributed by atoms with Crippen molar-refractivity contribution >= 4 is 11.9 Å². The van der Waals surface area contributed by atoms with Crippen molar-refractivity contribution in [3.05, 3.63) is 35.8 Å². The van der Waals surface area contributed by atoms with Crippen molar-refractivity contribution in [2.45, 2.75) is 44.3 Å². The Bertz CT molecular complexity index is 881. The SMILES string of the molecule is CC1(NC(=O)c2cn(-c3ccc(C(F)(F)F)cn3)nn2)CCCCC1C(=O)O. The molecule has 2 atom stereocenters. The molecule has 2 aromatic heterocycles. The van der Waals surface area contributed by atoms with Crippen molar-refractivity contribution in [1.82, 2.24) is 25.3 Å². The number of carbonyl (C=O) groups excluding carboxylic acids is 1. The first kappa shape index (κ1) is 19.8. The van der Waals surface area contributed by atoms with E-state index in [4.69, 9.17) is 0 Å². The number of nitrogens with zero attached hydrogens (tertiary/aromatic N) is 4. The Morgan fingerprint density at radius 1 is 1.32 bits per heavy atom. The van der Waals surface area contributed by atoms with Gasteiger partial charge in [-0.1, -0.05) is 18.1 Å². The minimum absolute atomic E-state index is 0.0619. The molecular weight excluding hydrogens is 379 g/mol. The van der Waals surface area contributed by atoms with Gasteiger partial charge in [-0.3, -0.25) is 9.59 Å². The zero-order chi connectivity index (χ0) is 20.5. The Balaban J connectivity index is 1.76. The highest BCUT2D eigenvalue weighted by molar-refractivity contribution is 5.93. The molecule has 2 aromatic rings. The molecule has 1 aliphatic carbocycles. The molecule has 0 radical (unpaired) electrons. The summed E-state index contributed by atoms with van der Waals surface area (Å²) in [4.78, 5) is 27.7. The molecule has 1 aliphatic rings. The lowest BCUT2D eigenvalue weighted by Crippen LogP contribution is -2.55. The maximum absolute atomic E-state index is 12.6. The van der Waals surface area contributed by atoms with Gasteiger partial charge in [0.1, 0.15) is 0 Å². The Morgan fingerprint density at radius 2 is 2.07 bits per heavy atom. The fourth-order valence-corrected chi connectivity index (χ4v) is 3.37. The Morgan fingerprint density at radius 3 is 2.68 bits per heavy atom. The quantitative estimate of drug-likeness (QED) is 0.820. The standard InChI is InChI=1S/C17H18F3N5O3/c1-16(7-3-2-4-11(16)15(27)28)22-14(26)12-9-25(24-23-12)13-6-5-10(8-21-13)17(18,19)20/h5-6,8-9,11H,2-4,7H2,1H3,(H,22,26)(H,27,28). The van der Waals surface area contributed by atoms with E-state index in [-0.39, 0.29) is 11.5 Å². The molecule has 150 valence electrons. The lowest BCUT2D eigenvalue weighted by Gasteiger charge is -2.39. The van der Waals surface area contributed by atoms with Crippen LogP contribution in [0, 0.1) is 5.92 Å². The molecule has 0 spiro atoms. The van der Waals surface area contributed by atoms with Gasteiger partial charge in [0.2, 0.25) is 0 Å². The molecule has 1 amide bonds. The van der Waals surface area contributed by atoms with Crippen LogP contribution in [0.1, 0.15) is 48.7 Å². The van der Waals surface area contributed by atoms with E-state index in [0.717, 1.165) is 29.7 Å². The average molecular weight is 397 g/mol. The molecule has 0 aliphatic heterocycles.